The highest BCUT2D eigenvalue weighted by Crippen LogP contribution is 2.21. The van der Waals surface area contributed by atoms with E-state index in [4.69, 9.17) is 4.74 Å². The maximum absolute atomic E-state index is 11.6. The van der Waals surface area contributed by atoms with E-state index in [1.807, 2.05) is 6.92 Å². The van der Waals surface area contributed by atoms with Crippen molar-refractivity contribution in [1.82, 2.24) is 4.90 Å². The van der Waals surface area contributed by atoms with Gasteiger partial charge in [-0.3, -0.25) is 4.79 Å². The molecule has 2 amide bonds. The van der Waals surface area contributed by atoms with Gasteiger partial charge < -0.3 is 4.74 Å². The Bertz CT molecular complexity index is 255. The zero-order valence-electron chi connectivity index (χ0n) is 9.16. The molecule has 1 aliphatic rings. The van der Waals surface area contributed by atoms with Crippen molar-refractivity contribution in [2.45, 2.75) is 52.2 Å². The predicted molar refractivity (Wildman–Crippen MR) is 51.8 cm³/mol. The predicted octanol–water partition coefficient (Wildman–Crippen LogP) is 1.93. The molecule has 14 heavy (non-hydrogen) atoms. The van der Waals surface area contributed by atoms with Crippen molar-refractivity contribution in [1.29, 1.82) is 0 Å². The van der Waals surface area contributed by atoms with Crippen molar-refractivity contribution in [3.63, 3.8) is 0 Å². The van der Waals surface area contributed by atoms with Crippen LogP contribution in [0.2, 0.25) is 0 Å². The molecule has 0 N–H and O–H groups in total. The summed E-state index contributed by atoms with van der Waals surface area (Å²) in [5.41, 5.74) is -0.542. The maximum atomic E-state index is 11.6. The van der Waals surface area contributed by atoms with Gasteiger partial charge in [-0.25, -0.2) is 9.69 Å². The molecule has 80 valence electrons. The van der Waals surface area contributed by atoms with Gasteiger partial charge in [-0.1, -0.05) is 0 Å². The number of amides is 2. The molecule has 1 fully saturated rings. The normalized spacial score (nSPS) is 22.7. The van der Waals surface area contributed by atoms with Gasteiger partial charge in [-0.15, -0.1) is 0 Å². The lowest BCUT2D eigenvalue weighted by Gasteiger charge is -2.25. The second-order valence-electron chi connectivity index (χ2n) is 4.63. The SMILES string of the molecule is C[C@@H]1CCC(=O)N1C(=O)OC(C)(C)C. The zero-order chi connectivity index (χ0) is 10.9. The Morgan fingerprint density at radius 1 is 1.50 bits per heavy atom. The van der Waals surface area contributed by atoms with E-state index < -0.39 is 11.7 Å². The molecule has 0 aliphatic carbocycles. The van der Waals surface area contributed by atoms with E-state index in [9.17, 15) is 9.59 Å². The van der Waals surface area contributed by atoms with E-state index in [1.165, 1.54) is 4.90 Å². The number of carbonyl (C=O) groups is 2. The van der Waals surface area contributed by atoms with Crippen LogP contribution in [0.5, 0.6) is 0 Å². The first-order valence-corrected chi connectivity index (χ1v) is 4.86. The first-order chi connectivity index (χ1) is 6.31. The van der Waals surface area contributed by atoms with Gasteiger partial charge in [-0.05, 0) is 34.1 Å². The fraction of sp³-hybridized carbons (Fsp3) is 0.800. The van der Waals surface area contributed by atoms with E-state index in [0.29, 0.717) is 6.42 Å². The Kier molecular flexibility index (Phi) is 2.83. The summed E-state index contributed by atoms with van der Waals surface area (Å²) in [4.78, 5) is 24.1. The van der Waals surface area contributed by atoms with Crippen LogP contribution in [-0.4, -0.2) is 28.5 Å². The first-order valence-electron chi connectivity index (χ1n) is 4.86. The quantitative estimate of drug-likeness (QED) is 0.599. The van der Waals surface area contributed by atoms with E-state index in [2.05, 4.69) is 0 Å². The number of ether oxygens (including phenoxy) is 1. The highest BCUT2D eigenvalue weighted by molar-refractivity contribution is 5.94. The van der Waals surface area contributed by atoms with Crippen molar-refractivity contribution >= 4 is 12.0 Å². The summed E-state index contributed by atoms with van der Waals surface area (Å²) in [6.07, 6.45) is 0.658. The standard InChI is InChI=1S/C10H17NO3/c1-7-5-6-8(12)11(7)9(13)14-10(2,3)4/h7H,5-6H2,1-4H3/t7-/m1/s1. The highest BCUT2D eigenvalue weighted by Gasteiger charge is 2.35. The Labute approximate surface area is 84.2 Å². The average molecular weight is 199 g/mol. The smallest absolute Gasteiger partial charge is 0.417 e. The third-order valence-corrected chi connectivity index (χ3v) is 2.08. The van der Waals surface area contributed by atoms with Gasteiger partial charge >= 0.3 is 6.09 Å². The van der Waals surface area contributed by atoms with Gasteiger partial charge in [0.15, 0.2) is 0 Å². The molecule has 0 bridgehead atoms. The van der Waals surface area contributed by atoms with Gasteiger partial charge in [-0.2, -0.15) is 0 Å². The van der Waals surface area contributed by atoms with Crippen LogP contribution in [0.1, 0.15) is 40.5 Å². The molecule has 0 aromatic rings. The molecule has 1 atom stereocenters. The number of rotatable bonds is 0. The average Bonchev–Trinajstić information content (AvgIpc) is 2.27. The van der Waals surface area contributed by atoms with Crippen molar-refractivity contribution in [3.05, 3.63) is 0 Å². The highest BCUT2D eigenvalue weighted by atomic mass is 16.6. The molecule has 1 aliphatic heterocycles. The molecule has 0 aromatic carbocycles. The summed E-state index contributed by atoms with van der Waals surface area (Å²) in [5.74, 6) is -0.133. The minimum atomic E-state index is -0.542. The Hall–Kier alpha value is -1.06. The second kappa shape index (κ2) is 3.59. The van der Waals surface area contributed by atoms with Crippen LogP contribution >= 0.6 is 0 Å². The molecule has 0 unspecified atom stereocenters. The lowest BCUT2D eigenvalue weighted by atomic mass is 10.2. The van der Waals surface area contributed by atoms with Crippen LogP contribution in [0.15, 0.2) is 0 Å². The van der Waals surface area contributed by atoms with Crippen molar-refractivity contribution < 1.29 is 14.3 Å². The van der Waals surface area contributed by atoms with E-state index in [0.717, 1.165) is 6.42 Å². The zero-order valence-corrected chi connectivity index (χ0v) is 9.16. The summed E-state index contributed by atoms with van der Waals surface area (Å²) in [7, 11) is 0. The molecule has 0 saturated carbocycles. The van der Waals surface area contributed by atoms with Crippen LogP contribution in [0.3, 0.4) is 0 Å². The van der Waals surface area contributed by atoms with Crippen LogP contribution < -0.4 is 0 Å². The molecule has 4 heteroatoms. The number of imide groups is 1. The fourth-order valence-corrected chi connectivity index (χ4v) is 1.42. The minimum absolute atomic E-state index is 0.0302. The Morgan fingerprint density at radius 2 is 2.07 bits per heavy atom. The molecule has 1 heterocycles. The van der Waals surface area contributed by atoms with Gasteiger partial charge in [0, 0.05) is 12.5 Å². The number of hydrogen-bond acceptors (Lipinski definition) is 3. The monoisotopic (exact) mass is 199 g/mol. The summed E-state index contributed by atoms with van der Waals surface area (Å²) in [6.45, 7) is 7.22. The Balaban J connectivity index is 2.65. The number of likely N-dealkylation sites (tertiary alicyclic amines) is 1. The lowest BCUT2D eigenvalue weighted by Crippen LogP contribution is -2.41. The van der Waals surface area contributed by atoms with Gasteiger partial charge in [0.05, 0.1) is 0 Å². The van der Waals surface area contributed by atoms with Gasteiger partial charge in [0.25, 0.3) is 0 Å². The van der Waals surface area contributed by atoms with Crippen LogP contribution in [0.25, 0.3) is 0 Å². The van der Waals surface area contributed by atoms with Crippen LogP contribution in [0.4, 0.5) is 4.79 Å². The first kappa shape index (κ1) is 11.0. The third-order valence-electron chi connectivity index (χ3n) is 2.08. The lowest BCUT2D eigenvalue weighted by molar-refractivity contribution is -0.127. The topological polar surface area (TPSA) is 46.6 Å². The summed E-state index contributed by atoms with van der Waals surface area (Å²) < 4.78 is 5.13. The third kappa shape index (κ3) is 2.47. The number of hydrogen-bond donors (Lipinski definition) is 0. The van der Waals surface area contributed by atoms with Crippen LogP contribution in [-0.2, 0) is 9.53 Å². The summed E-state index contributed by atoms with van der Waals surface area (Å²) >= 11 is 0. The van der Waals surface area contributed by atoms with Crippen molar-refractivity contribution in [2.75, 3.05) is 0 Å². The van der Waals surface area contributed by atoms with E-state index in [1.54, 1.807) is 20.8 Å². The van der Waals surface area contributed by atoms with Crippen molar-refractivity contribution in [3.8, 4) is 0 Å². The van der Waals surface area contributed by atoms with E-state index in [-0.39, 0.29) is 11.9 Å². The number of carbonyl (C=O) groups excluding carboxylic acids is 2. The molecule has 0 aromatic heterocycles. The molecule has 1 saturated heterocycles. The van der Waals surface area contributed by atoms with Gasteiger partial charge in [0.2, 0.25) is 5.91 Å². The van der Waals surface area contributed by atoms with Gasteiger partial charge in [0.1, 0.15) is 5.60 Å². The largest absolute Gasteiger partial charge is 0.443 e. The fourth-order valence-electron chi connectivity index (χ4n) is 1.42. The molecule has 4 nitrogen and oxygen atoms in total. The van der Waals surface area contributed by atoms with Crippen molar-refractivity contribution in [2.24, 2.45) is 0 Å². The molecule has 1 rings (SSSR count). The second-order valence-corrected chi connectivity index (χ2v) is 4.63. The maximum Gasteiger partial charge on any atom is 0.417 e. The molecular formula is C10H17NO3. The van der Waals surface area contributed by atoms with E-state index >= 15 is 0 Å². The molecular weight excluding hydrogens is 182 g/mol. The summed E-state index contributed by atoms with van der Waals surface area (Å²) in [6, 6.07) is -0.0302. The number of nitrogens with zero attached hydrogens (tertiary/aromatic N) is 1. The summed E-state index contributed by atoms with van der Waals surface area (Å²) in [5, 5.41) is 0. The molecule has 0 radical (unpaired) electrons. The Morgan fingerprint density at radius 3 is 2.43 bits per heavy atom. The van der Waals surface area contributed by atoms with Crippen LogP contribution in [0, 0.1) is 0 Å². The molecule has 0 spiro atoms. The minimum Gasteiger partial charge on any atom is -0.443 e.